The quantitative estimate of drug-likeness (QED) is 0.900. The number of halogens is 1. The number of hydrogen-bond donors (Lipinski definition) is 1. The number of methoxy groups -OCH3 is 1. The number of ether oxygens (including phenoxy) is 1. The maximum absolute atomic E-state index is 13.0. The number of nitrogens with one attached hydrogen (secondary N) is 1. The standard InChI is InChI=1S/C17H23FN2O3/c1-12(11-23-2)19-16(21)14-4-3-9-20(10-14)17(22)13-5-7-15(18)8-6-13/h5-8,12,14H,3-4,9-11H2,1-2H3,(H,19,21)/t12-,14+/m1/s1. The second-order valence-corrected chi connectivity index (χ2v) is 5.96. The van der Waals surface area contributed by atoms with Gasteiger partial charge in [-0.3, -0.25) is 9.59 Å². The van der Waals surface area contributed by atoms with Crippen LogP contribution in [-0.4, -0.2) is 49.6 Å². The SMILES string of the molecule is COC[C@@H](C)NC(=O)[C@H]1CCCN(C(=O)c2ccc(F)cc2)C1. The molecule has 6 heteroatoms. The molecule has 2 atom stereocenters. The Balaban J connectivity index is 1.96. The Morgan fingerprint density at radius 2 is 2.09 bits per heavy atom. The highest BCUT2D eigenvalue weighted by Gasteiger charge is 2.29. The number of piperidine rings is 1. The molecule has 2 amide bonds. The van der Waals surface area contributed by atoms with Gasteiger partial charge in [-0.15, -0.1) is 0 Å². The molecule has 23 heavy (non-hydrogen) atoms. The van der Waals surface area contributed by atoms with Crippen LogP contribution in [0.25, 0.3) is 0 Å². The van der Waals surface area contributed by atoms with E-state index in [1.165, 1.54) is 24.3 Å². The lowest BCUT2D eigenvalue weighted by Gasteiger charge is -2.32. The number of carbonyl (C=O) groups excluding carboxylic acids is 2. The van der Waals surface area contributed by atoms with Crippen LogP contribution in [0.4, 0.5) is 4.39 Å². The van der Waals surface area contributed by atoms with Crippen LogP contribution < -0.4 is 5.32 Å². The lowest BCUT2D eigenvalue weighted by Crippen LogP contribution is -2.47. The van der Waals surface area contributed by atoms with Crippen LogP contribution in [0.3, 0.4) is 0 Å². The molecular formula is C17H23FN2O3. The van der Waals surface area contributed by atoms with Gasteiger partial charge in [-0.1, -0.05) is 0 Å². The van der Waals surface area contributed by atoms with Gasteiger partial charge in [0.05, 0.1) is 12.5 Å². The van der Waals surface area contributed by atoms with Gasteiger partial charge >= 0.3 is 0 Å². The predicted octanol–water partition coefficient (Wildman–Crippen LogP) is 1.83. The number of carbonyl (C=O) groups is 2. The second kappa shape index (κ2) is 8.06. The molecule has 1 aromatic rings. The van der Waals surface area contributed by atoms with Crippen LogP contribution in [0.15, 0.2) is 24.3 Å². The fourth-order valence-corrected chi connectivity index (χ4v) is 2.80. The second-order valence-electron chi connectivity index (χ2n) is 5.96. The van der Waals surface area contributed by atoms with E-state index in [2.05, 4.69) is 5.32 Å². The van der Waals surface area contributed by atoms with Gasteiger partial charge in [-0.2, -0.15) is 0 Å². The van der Waals surface area contributed by atoms with Crippen LogP contribution in [0.2, 0.25) is 0 Å². The minimum atomic E-state index is -0.371. The first kappa shape index (κ1) is 17.4. The highest BCUT2D eigenvalue weighted by molar-refractivity contribution is 5.94. The Morgan fingerprint density at radius 3 is 2.74 bits per heavy atom. The Labute approximate surface area is 135 Å². The molecule has 126 valence electrons. The summed E-state index contributed by atoms with van der Waals surface area (Å²) in [7, 11) is 1.59. The van der Waals surface area contributed by atoms with Gasteiger partial charge in [0.25, 0.3) is 5.91 Å². The number of hydrogen-bond acceptors (Lipinski definition) is 3. The Hall–Kier alpha value is -1.95. The van der Waals surface area contributed by atoms with E-state index in [0.29, 0.717) is 25.3 Å². The van der Waals surface area contributed by atoms with Crippen molar-refractivity contribution in [3.8, 4) is 0 Å². The number of nitrogens with zero attached hydrogens (tertiary/aromatic N) is 1. The molecule has 0 radical (unpaired) electrons. The van der Waals surface area contributed by atoms with E-state index >= 15 is 0 Å². The van der Waals surface area contributed by atoms with Crippen molar-refractivity contribution in [2.45, 2.75) is 25.8 Å². The van der Waals surface area contributed by atoms with Crippen LogP contribution in [-0.2, 0) is 9.53 Å². The average molecular weight is 322 g/mol. The van der Waals surface area contributed by atoms with Crippen molar-refractivity contribution in [1.82, 2.24) is 10.2 Å². The minimum absolute atomic E-state index is 0.0499. The molecule has 1 fully saturated rings. The number of benzene rings is 1. The smallest absolute Gasteiger partial charge is 0.253 e. The lowest BCUT2D eigenvalue weighted by atomic mass is 9.96. The van der Waals surface area contributed by atoms with E-state index in [1.54, 1.807) is 12.0 Å². The fourth-order valence-electron chi connectivity index (χ4n) is 2.80. The number of rotatable bonds is 5. The van der Waals surface area contributed by atoms with Gasteiger partial charge in [0.2, 0.25) is 5.91 Å². The van der Waals surface area contributed by atoms with Gasteiger partial charge in [0, 0.05) is 31.8 Å². The van der Waals surface area contributed by atoms with Crippen molar-refractivity contribution in [3.63, 3.8) is 0 Å². The first-order valence-corrected chi connectivity index (χ1v) is 7.85. The van der Waals surface area contributed by atoms with E-state index in [1.807, 2.05) is 6.92 Å². The molecular weight excluding hydrogens is 299 g/mol. The van der Waals surface area contributed by atoms with Crippen molar-refractivity contribution in [2.24, 2.45) is 5.92 Å². The third-order valence-corrected chi connectivity index (χ3v) is 3.98. The number of likely N-dealkylation sites (tertiary alicyclic amines) is 1. The maximum Gasteiger partial charge on any atom is 0.253 e. The summed E-state index contributed by atoms with van der Waals surface area (Å²) < 4.78 is 18.0. The molecule has 0 unspecified atom stereocenters. The van der Waals surface area contributed by atoms with Gasteiger partial charge < -0.3 is 15.0 Å². The predicted molar refractivity (Wildman–Crippen MR) is 84.5 cm³/mol. The average Bonchev–Trinajstić information content (AvgIpc) is 2.55. The van der Waals surface area contributed by atoms with E-state index in [0.717, 1.165) is 12.8 Å². The van der Waals surface area contributed by atoms with Gasteiger partial charge in [-0.05, 0) is 44.0 Å². The molecule has 5 nitrogen and oxygen atoms in total. The van der Waals surface area contributed by atoms with Crippen LogP contribution in [0.5, 0.6) is 0 Å². The molecule has 2 rings (SSSR count). The van der Waals surface area contributed by atoms with Gasteiger partial charge in [0.1, 0.15) is 5.82 Å². The highest BCUT2D eigenvalue weighted by atomic mass is 19.1. The topological polar surface area (TPSA) is 58.6 Å². The normalized spacial score (nSPS) is 19.3. The van der Waals surface area contributed by atoms with Gasteiger partial charge in [-0.25, -0.2) is 4.39 Å². The van der Waals surface area contributed by atoms with Gasteiger partial charge in [0.15, 0.2) is 0 Å². The van der Waals surface area contributed by atoms with Crippen LogP contribution in [0.1, 0.15) is 30.1 Å². The summed E-state index contributed by atoms with van der Waals surface area (Å²) in [5.74, 6) is -0.796. The zero-order valence-corrected chi connectivity index (χ0v) is 13.5. The van der Waals surface area contributed by atoms with Crippen molar-refractivity contribution in [3.05, 3.63) is 35.6 Å². The highest BCUT2D eigenvalue weighted by Crippen LogP contribution is 2.19. The van der Waals surface area contributed by atoms with E-state index in [4.69, 9.17) is 4.74 Å². The van der Waals surface area contributed by atoms with E-state index in [9.17, 15) is 14.0 Å². The lowest BCUT2D eigenvalue weighted by molar-refractivity contribution is -0.127. The minimum Gasteiger partial charge on any atom is -0.383 e. The summed E-state index contributed by atoms with van der Waals surface area (Å²) in [5.41, 5.74) is 0.445. The zero-order valence-electron chi connectivity index (χ0n) is 13.5. The Bertz CT molecular complexity index is 547. The monoisotopic (exact) mass is 322 g/mol. The third-order valence-electron chi connectivity index (χ3n) is 3.98. The summed E-state index contributed by atoms with van der Waals surface area (Å²) in [6.45, 7) is 3.34. The molecule has 0 saturated carbocycles. The molecule has 1 saturated heterocycles. The largest absolute Gasteiger partial charge is 0.383 e. The Morgan fingerprint density at radius 1 is 1.39 bits per heavy atom. The molecule has 1 aliphatic heterocycles. The summed E-state index contributed by atoms with van der Waals surface area (Å²) in [5, 5.41) is 2.91. The summed E-state index contributed by atoms with van der Waals surface area (Å²) in [6, 6.07) is 5.43. The molecule has 1 N–H and O–H groups in total. The van der Waals surface area contributed by atoms with Crippen molar-refractivity contribution >= 4 is 11.8 Å². The first-order valence-electron chi connectivity index (χ1n) is 7.85. The summed E-state index contributed by atoms with van der Waals surface area (Å²) >= 11 is 0. The maximum atomic E-state index is 13.0. The molecule has 1 heterocycles. The fraction of sp³-hybridized carbons (Fsp3) is 0.529. The van der Waals surface area contributed by atoms with Crippen molar-refractivity contribution in [2.75, 3.05) is 26.8 Å². The molecule has 1 aliphatic rings. The summed E-state index contributed by atoms with van der Waals surface area (Å²) in [6.07, 6.45) is 1.54. The zero-order chi connectivity index (χ0) is 16.8. The van der Waals surface area contributed by atoms with E-state index in [-0.39, 0.29) is 29.6 Å². The summed E-state index contributed by atoms with van der Waals surface area (Å²) in [4.78, 5) is 26.4. The third kappa shape index (κ3) is 4.76. The first-order chi connectivity index (χ1) is 11.0. The number of amides is 2. The van der Waals surface area contributed by atoms with Crippen molar-refractivity contribution in [1.29, 1.82) is 0 Å². The van der Waals surface area contributed by atoms with Crippen LogP contribution in [0, 0.1) is 11.7 Å². The Kier molecular flexibility index (Phi) is 6.10. The van der Waals surface area contributed by atoms with Crippen molar-refractivity contribution < 1.29 is 18.7 Å². The van der Waals surface area contributed by atoms with Crippen LogP contribution >= 0.6 is 0 Å². The molecule has 0 aromatic heterocycles. The van der Waals surface area contributed by atoms with E-state index < -0.39 is 0 Å². The molecule has 0 spiro atoms. The molecule has 1 aromatic carbocycles. The molecule has 0 bridgehead atoms. The molecule has 0 aliphatic carbocycles.